The van der Waals surface area contributed by atoms with Crippen molar-refractivity contribution in [2.24, 2.45) is 0 Å². The molecular weight excluding hydrogens is 104 g/mol. The summed E-state index contributed by atoms with van der Waals surface area (Å²) in [5, 5.41) is 0. The van der Waals surface area contributed by atoms with Gasteiger partial charge < -0.3 is 9.47 Å². The van der Waals surface area contributed by atoms with E-state index in [9.17, 15) is 0 Å². The lowest BCUT2D eigenvalue weighted by molar-refractivity contribution is 0.212. The molecule has 0 aromatic heterocycles. The minimum atomic E-state index is 0.381. The molecule has 2 heteroatoms. The van der Waals surface area contributed by atoms with Crippen molar-refractivity contribution >= 4 is 0 Å². The second-order valence-electron chi connectivity index (χ2n) is 1.76. The zero-order chi connectivity index (χ0) is 5.82. The fraction of sp³-hybridized carbons (Fsp3) is 0.667. The number of hydrogen-bond acceptors (Lipinski definition) is 2. The summed E-state index contributed by atoms with van der Waals surface area (Å²) >= 11 is 0. The van der Waals surface area contributed by atoms with Gasteiger partial charge >= 0.3 is 0 Å². The average Bonchev–Trinajstić information content (AvgIpc) is 2.51. The normalized spacial score (nSPS) is 26.4. The highest BCUT2D eigenvalue weighted by atomic mass is 16.6. The summed E-state index contributed by atoms with van der Waals surface area (Å²) in [7, 11) is 0. The van der Waals surface area contributed by atoms with E-state index in [1.165, 1.54) is 0 Å². The van der Waals surface area contributed by atoms with Crippen molar-refractivity contribution in [2.75, 3.05) is 13.2 Å². The van der Waals surface area contributed by atoms with Gasteiger partial charge in [-0.15, -0.1) is 0 Å². The number of allylic oxidation sites excluding steroid dienone is 1. The molecule has 0 N–H and O–H groups in total. The lowest BCUT2D eigenvalue weighted by Gasteiger charge is -1.91. The van der Waals surface area contributed by atoms with Crippen molar-refractivity contribution in [2.45, 2.75) is 13.0 Å². The van der Waals surface area contributed by atoms with E-state index in [0.717, 1.165) is 6.61 Å². The molecule has 8 heavy (non-hydrogen) atoms. The zero-order valence-electron chi connectivity index (χ0n) is 4.96. The van der Waals surface area contributed by atoms with E-state index < -0.39 is 0 Å². The SMILES string of the molecule is C/C=C/OCC1CO1. The van der Waals surface area contributed by atoms with E-state index >= 15 is 0 Å². The third-order valence-corrected chi connectivity index (χ3v) is 0.917. The van der Waals surface area contributed by atoms with Crippen LogP contribution in [0, 0.1) is 0 Å². The Bertz CT molecular complexity index is 84.5. The van der Waals surface area contributed by atoms with Crippen LogP contribution in [0.3, 0.4) is 0 Å². The smallest absolute Gasteiger partial charge is 0.116 e. The summed E-state index contributed by atoms with van der Waals surface area (Å²) in [6, 6.07) is 0. The van der Waals surface area contributed by atoms with Crippen molar-refractivity contribution in [3.8, 4) is 0 Å². The van der Waals surface area contributed by atoms with Crippen LogP contribution in [0.5, 0.6) is 0 Å². The molecule has 0 amide bonds. The molecule has 1 saturated heterocycles. The quantitative estimate of drug-likeness (QED) is 0.402. The lowest BCUT2D eigenvalue weighted by Crippen LogP contribution is -1.94. The first kappa shape index (κ1) is 5.63. The molecule has 1 aliphatic rings. The van der Waals surface area contributed by atoms with E-state index in [2.05, 4.69) is 0 Å². The second-order valence-corrected chi connectivity index (χ2v) is 1.76. The molecule has 1 fully saturated rings. The highest BCUT2D eigenvalue weighted by Gasteiger charge is 2.21. The van der Waals surface area contributed by atoms with Crippen LogP contribution in [0.4, 0.5) is 0 Å². The summed E-state index contributed by atoms with van der Waals surface area (Å²) in [6.07, 6.45) is 3.93. The van der Waals surface area contributed by atoms with E-state index in [-0.39, 0.29) is 0 Å². The van der Waals surface area contributed by atoms with Gasteiger partial charge in [0.2, 0.25) is 0 Å². The number of ether oxygens (including phenoxy) is 2. The molecule has 0 bridgehead atoms. The van der Waals surface area contributed by atoms with Crippen LogP contribution >= 0.6 is 0 Å². The summed E-state index contributed by atoms with van der Waals surface area (Å²) in [5.74, 6) is 0. The fourth-order valence-corrected chi connectivity index (χ4v) is 0.423. The van der Waals surface area contributed by atoms with Crippen molar-refractivity contribution < 1.29 is 9.47 Å². The number of epoxide rings is 1. The fourth-order valence-electron chi connectivity index (χ4n) is 0.423. The third-order valence-electron chi connectivity index (χ3n) is 0.917. The zero-order valence-corrected chi connectivity index (χ0v) is 4.96. The van der Waals surface area contributed by atoms with E-state index in [1.54, 1.807) is 6.26 Å². The summed E-state index contributed by atoms with van der Waals surface area (Å²) < 4.78 is 9.90. The monoisotopic (exact) mass is 114 g/mol. The standard InChI is InChI=1S/C6H10O2/c1-2-3-7-4-6-5-8-6/h2-3,6H,4-5H2,1H3/b3-2+. The van der Waals surface area contributed by atoms with Crippen molar-refractivity contribution in [1.82, 2.24) is 0 Å². The van der Waals surface area contributed by atoms with Crippen molar-refractivity contribution in [3.63, 3.8) is 0 Å². The molecule has 2 nitrogen and oxygen atoms in total. The van der Waals surface area contributed by atoms with Crippen LogP contribution in [0.2, 0.25) is 0 Å². The molecule has 1 heterocycles. The molecule has 0 aliphatic carbocycles. The number of rotatable bonds is 3. The molecule has 0 aromatic rings. The van der Waals surface area contributed by atoms with Gasteiger partial charge in [-0.1, -0.05) is 6.08 Å². The molecule has 0 saturated carbocycles. The third kappa shape index (κ3) is 1.98. The Morgan fingerprint density at radius 1 is 1.88 bits per heavy atom. The second kappa shape index (κ2) is 2.72. The predicted molar refractivity (Wildman–Crippen MR) is 30.5 cm³/mol. The highest BCUT2D eigenvalue weighted by Crippen LogP contribution is 2.08. The maximum Gasteiger partial charge on any atom is 0.116 e. The van der Waals surface area contributed by atoms with Gasteiger partial charge in [-0.25, -0.2) is 0 Å². The first-order chi connectivity index (χ1) is 3.93. The molecule has 46 valence electrons. The minimum Gasteiger partial charge on any atom is -0.499 e. The highest BCUT2D eigenvalue weighted by molar-refractivity contribution is 4.71. The first-order valence-corrected chi connectivity index (χ1v) is 2.78. The molecule has 1 aliphatic heterocycles. The molecule has 0 radical (unpaired) electrons. The lowest BCUT2D eigenvalue weighted by atomic mass is 10.5. The van der Waals surface area contributed by atoms with Crippen molar-refractivity contribution in [1.29, 1.82) is 0 Å². The van der Waals surface area contributed by atoms with Crippen LogP contribution in [0.1, 0.15) is 6.92 Å². The van der Waals surface area contributed by atoms with Crippen LogP contribution in [-0.2, 0) is 9.47 Å². The average molecular weight is 114 g/mol. The maximum absolute atomic E-state index is 5.00. The predicted octanol–water partition coefficient (Wildman–Crippen LogP) is 0.935. The Labute approximate surface area is 49.1 Å². The Morgan fingerprint density at radius 3 is 3.12 bits per heavy atom. The van der Waals surface area contributed by atoms with Gasteiger partial charge in [-0.05, 0) is 6.92 Å². The van der Waals surface area contributed by atoms with Gasteiger partial charge in [-0.2, -0.15) is 0 Å². The molecule has 0 aromatic carbocycles. The molecule has 1 atom stereocenters. The molecule has 1 rings (SSSR count). The van der Waals surface area contributed by atoms with Gasteiger partial charge in [0, 0.05) is 0 Å². The first-order valence-electron chi connectivity index (χ1n) is 2.78. The molecular formula is C6H10O2. The van der Waals surface area contributed by atoms with Gasteiger partial charge in [-0.3, -0.25) is 0 Å². The van der Waals surface area contributed by atoms with E-state index in [0.29, 0.717) is 12.7 Å². The minimum absolute atomic E-state index is 0.381. The Morgan fingerprint density at radius 2 is 2.62 bits per heavy atom. The van der Waals surface area contributed by atoms with Crippen LogP contribution in [0.25, 0.3) is 0 Å². The summed E-state index contributed by atoms with van der Waals surface area (Å²) in [6.45, 7) is 3.51. The van der Waals surface area contributed by atoms with Crippen LogP contribution in [0.15, 0.2) is 12.3 Å². The largest absolute Gasteiger partial charge is 0.499 e. The van der Waals surface area contributed by atoms with E-state index in [1.807, 2.05) is 13.0 Å². The summed E-state index contributed by atoms with van der Waals surface area (Å²) in [4.78, 5) is 0. The topological polar surface area (TPSA) is 21.8 Å². The Balaban J connectivity index is 1.88. The van der Waals surface area contributed by atoms with Crippen LogP contribution in [-0.4, -0.2) is 19.3 Å². The van der Waals surface area contributed by atoms with E-state index in [4.69, 9.17) is 9.47 Å². The van der Waals surface area contributed by atoms with Crippen LogP contribution < -0.4 is 0 Å². The molecule has 0 spiro atoms. The van der Waals surface area contributed by atoms with Crippen molar-refractivity contribution in [3.05, 3.63) is 12.3 Å². The maximum atomic E-state index is 5.00. The molecule has 1 unspecified atom stereocenters. The summed E-state index contributed by atoms with van der Waals surface area (Å²) in [5.41, 5.74) is 0. The van der Waals surface area contributed by atoms with Gasteiger partial charge in [0.25, 0.3) is 0 Å². The Kier molecular flexibility index (Phi) is 1.92. The van der Waals surface area contributed by atoms with Gasteiger partial charge in [0.05, 0.1) is 12.9 Å². The van der Waals surface area contributed by atoms with Gasteiger partial charge in [0.15, 0.2) is 0 Å². The Hall–Kier alpha value is -0.500. The number of hydrogen-bond donors (Lipinski definition) is 0. The van der Waals surface area contributed by atoms with Gasteiger partial charge in [0.1, 0.15) is 12.7 Å².